The number of nitrogens with one attached hydrogen (secondary N) is 1. The Kier molecular flexibility index (Phi) is 2.30. The number of rotatable bonds is 2. The van der Waals surface area contributed by atoms with E-state index < -0.39 is 6.10 Å². The molecule has 0 fully saturated rings. The molecule has 40 valence electrons. The molecule has 2 nitrogen and oxygen atoms in total. The van der Waals surface area contributed by atoms with Gasteiger partial charge in [-0.05, 0) is 12.5 Å². The molecule has 0 heterocycles. The molecule has 0 aromatic rings. The van der Waals surface area contributed by atoms with Crippen LogP contribution >= 0.6 is 0 Å². The average molecular weight is 99.1 g/mol. The van der Waals surface area contributed by atoms with Gasteiger partial charge in [0.15, 0.2) is 0 Å². The van der Waals surface area contributed by atoms with Crippen molar-refractivity contribution in [1.29, 1.82) is 5.41 Å². The lowest BCUT2D eigenvalue weighted by Crippen LogP contribution is -2.02. The molecule has 2 N–H and O–H groups in total. The lowest BCUT2D eigenvalue weighted by Gasteiger charge is -1.97. The third-order valence-electron chi connectivity index (χ3n) is 0.722. The zero-order chi connectivity index (χ0) is 5.86. The quantitative estimate of drug-likeness (QED) is 0.488. The van der Waals surface area contributed by atoms with Gasteiger partial charge in [0.05, 0.1) is 6.10 Å². The minimum absolute atomic E-state index is 0.444. The Hall–Kier alpha value is -0.630. The SMILES string of the molecule is C=C(C=N)C(C)O. The average Bonchev–Trinajstić information content (AvgIpc) is 1.65. The number of aliphatic hydroxyl groups is 1. The van der Waals surface area contributed by atoms with Gasteiger partial charge in [-0.2, -0.15) is 0 Å². The minimum Gasteiger partial charge on any atom is -0.389 e. The fourth-order valence-corrected chi connectivity index (χ4v) is 0.121. The van der Waals surface area contributed by atoms with Gasteiger partial charge in [0.1, 0.15) is 0 Å². The van der Waals surface area contributed by atoms with Crippen LogP contribution in [0.4, 0.5) is 0 Å². The highest BCUT2D eigenvalue weighted by molar-refractivity contribution is 5.75. The molecule has 0 aliphatic heterocycles. The molecule has 2 heteroatoms. The first-order valence-electron chi connectivity index (χ1n) is 2.06. The summed E-state index contributed by atoms with van der Waals surface area (Å²) in [6, 6.07) is 0. The molecule has 7 heavy (non-hydrogen) atoms. The Morgan fingerprint density at radius 2 is 2.43 bits per heavy atom. The van der Waals surface area contributed by atoms with E-state index in [2.05, 4.69) is 6.58 Å². The van der Waals surface area contributed by atoms with Crippen molar-refractivity contribution >= 4 is 6.21 Å². The molecule has 0 aromatic carbocycles. The third kappa shape index (κ3) is 2.11. The summed E-state index contributed by atoms with van der Waals surface area (Å²) in [5.74, 6) is 0. The van der Waals surface area contributed by atoms with Crippen molar-refractivity contribution in [2.75, 3.05) is 0 Å². The summed E-state index contributed by atoms with van der Waals surface area (Å²) >= 11 is 0. The standard InChI is InChI=1S/C5H9NO/c1-4(3-6)5(2)7/h3,5-7H,1H2,2H3. The van der Waals surface area contributed by atoms with Crippen LogP contribution in [-0.4, -0.2) is 17.4 Å². The number of aliphatic hydroxyl groups excluding tert-OH is 1. The van der Waals surface area contributed by atoms with Crippen molar-refractivity contribution in [3.05, 3.63) is 12.2 Å². The van der Waals surface area contributed by atoms with Gasteiger partial charge >= 0.3 is 0 Å². The van der Waals surface area contributed by atoms with Gasteiger partial charge in [0.2, 0.25) is 0 Å². The normalized spacial score (nSPS) is 12.9. The molecule has 0 rings (SSSR count). The van der Waals surface area contributed by atoms with Crippen molar-refractivity contribution in [3.8, 4) is 0 Å². The fourth-order valence-electron chi connectivity index (χ4n) is 0.121. The van der Waals surface area contributed by atoms with Gasteiger partial charge in [-0.15, -0.1) is 0 Å². The van der Waals surface area contributed by atoms with Crippen LogP contribution in [0, 0.1) is 5.41 Å². The predicted octanol–water partition coefficient (Wildman–Crippen LogP) is 0.573. The first kappa shape index (κ1) is 6.37. The molecular formula is C5H9NO. The van der Waals surface area contributed by atoms with Gasteiger partial charge < -0.3 is 10.5 Å². The van der Waals surface area contributed by atoms with Crippen LogP contribution in [0.2, 0.25) is 0 Å². The zero-order valence-electron chi connectivity index (χ0n) is 4.31. The van der Waals surface area contributed by atoms with Crippen molar-refractivity contribution in [2.24, 2.45) is 0 Å². The Morgan fingerprint density at radius 1 is 2.00 bits per heavy atom. The van der Waals surface area contributed by atoms with Crippen LogP contribution in [-0.2, 0) is 0 Å². The molecular weight excluding hydrogens is 90.1 g/mol. The lowest BCUT2D eigenvalue weighted by atomic mass is 10.2. The molecule has 0 saturated carbocycles. The Balaban J connectivity index is 3.56. The molecule has 0 saturated heterocycles. The second kappa shape index (κ2) is 2.53. The van der Waals surface area contributed by atoms with Crippen molar-refractivity contribution in [3.63, 3.8) is 0 Å². The van der Waals surface area contributed by atoms with Crippen LogP contribution in [0.15, 0.2) is 12.2 Å². The highest BCUT2D eigenvalue weighted by Crippen LogP contribution is 1.90. The maximum Gasteiger partial charge on any atom is 0.0770 e. The maximum absolute atomic E-state index is 8.57. The molecule has 1 unspecified atom stereocenters. The van der Waals surface area contributed by atoms with Crippen LogP contribution < -0.4 is 0 Å². The van der Waals surface area contributed by atoms with E-state index in [4.69, 9.17) is 10.5 Å². The largest absolute Gasteiger partial charge is 0.389 e. The van der Waals surface area contributed by atoms with Crippen molar-refractivity contribution in [2.45, 2.75) is 13.0 Å². The highest BCUT2D eigenvalue weighted by Gasteiger charge is 1.93. The Labute approximate surface area is 43.0 Å². The van der Waals surface area contributed by atoms with E-state index in [1.807, 2.05) is 0 Å². The summed E-state index contributed by atoms with van der Waals surface area (Å²) in [4.78, 5) is 0. The topological polar surface area (TPSA) is 44.1 Å². The summed E-state index contributed by atoms with van der Waals surface area (Å²) in [6.07, 6.45) is 0.475. The van der Waals surface area contributed by atoms with Crippen LogP contribution in [0.5, 0.6) is 0 Å². The van der Waals surface area contributed by atoms with Gasteiger partial charge in [-0.1, -0.05) is 6.58 Å². The van der Waals surface area contributed by atoms with Crippen LogP contribution in [0.25, 0.3) is 0 Å². The first-order chi connectivity index (χ1) is 3.18. The Morgan fingerprint density at radius 3 is 2.43 bits per heavy atom. The molecule has 0 bridgehead atoms. The van der Waals surface area contributed by atoms with Gasteiger partial charge in [0.25, 0.3) is 0 Å². The van der Waals surface area contributed by atoms with E-state index in [1.165, 1.54) is 0 Å². The summed E-state index contributed by atoms with van der Waals surface area (Å²) in [6.45, 7) is 4.96. The second-order valence-electron chi connectivity index (χ2n) is 1.40. The van der Waals surface area contributed by atoms with E-state index in [0.717, 1.165) is 6.21 Å². The molecule has 0 aromatic heterocycles. The van der Waals surface area contributed by atoms with Gasteiger partial charge in [0, 0.05) is 6.21 Å². The third-order valence-corrected chi connectivity index (χ3v) is 0.722. The molecule has 0 aliphatic rings. The van der Waals surface area contributed by atoms with Crippen LogP contribution in [0.1, 0.15) is 6.92 Å². The molecule has 0 aliphatic carbocycles. The van der Waals surface area contributed by atoms with E-state index in [0.29, 0.717) is 5.57 Å². The maximum atomic E-state index is 8.57. The van der Waals surface area contributed by atoms with Gasteiger partial charge in [-0.3, -0.25) is 0 Å². The summed E-state index contributed by atoms with van der Waals surface area (Å²) in [7, 11) is 0. The van der Waals surface area contributed by atoms with Crippen molar-refractivity contribution < 1.29 is 5.11 Å². The number of hydrogen-bond acceptors (Lipinski definition) is 2. The summed E-state index contributed by atoms with van der Waals surface area (Å²) < 4.78 is 0. The molecule has 0 radical (unpaired) electrons. The minimum atomic E-state index is -0.572. The monoisotopic (exact) mass is 99.1 g/mol. The van der Waals surface area contributed by atoms with Crippen molar-refractivity contribution in [1.82, 2.24) is 0 Å². The van der Waals surface area contributed by atoms with Gasteiger partial charge in [-0.25, -0.2) is 0 Å². The predicted molar refractivity (Wildman–Crippen MR) is 29.6 cm³/mol. The van der Waals surface area contributed by atoms with E-state index >= 15 is 0 Å². The molecule has 0 amide bonds. The Bertz CT molecular complexity index is 86.1. The number of hydrogen-bond donors (Lipinski definition) is 2. The zero-order valence-corrected chi connectivity index (χ0v) is 4.31. The highest BCUT2D eigenvalue weighted by atomic mass is 16.3. The smallest absolute Gasteiger partial charge is 0.0770 e. The summed E-state index contributed by atoms with van der Waals surface area (Å²) in [5, 5.41) is 15.1. The first-order valence-corrected chi connectivity index (χ1v) is 2.06. The molecule has 1 atom stereocenters. The molecule has 0 spiro atoms. The lowest BCUT2D eigenvalue weighted by molar-refractivity contribution is 0.238. The van der Waals surface area contributed by atoms with E-state index in [-0.39, 0.29) is 0 Å². The summed E-state index contributed by atoms with van der Waals surface area (Å²) in [5.41, 5.74) is 0.444. The second-order valence-corrected chi connectivity index (χ2v) is 1.40. The van der Waals surface area contributed by atoms with E-state index in [9.17, 15) is 0 Å². The van der Waals surface area contributed by atoms with E-state index in [1.54, 1.807) is 6.92 Å². The fraction of sp³-hybridized carbons (Fsp3) is 0.400. The van der Waals surface area contributed by atoms with Crippen LogP contribution in [0.3, 0.4) is 0 Å².